The smallest absolute Gasteiger partial charge is 0.331 e. The molecule has 3 N–H and O–H groups in total. The van der Waals surface area contributed by atoms with Crippen molar-refractivity contribution in [2.24, 2.45) is 5.73 Å². The molecule has 0 saturated heterocycles. The zero-order valence-corrected chi connectivity index (χ0v) is 10.2. The van der Waals surface area contributed by atoms with E-state index in [9.17, 15) is 14.7 Å². The fourth-order valence-corrected chi connectivity index (χ4v) is 2.99. The van der Waals surface area contributed by atoms with Crippen LogP contribution in [0.5, 0.6) is 0 Å². The lowest BCUT2D eigenvalue weighted by Gasteiger charge is -2.34. The van der Waals surface area contributed by atoms with Crippen molar-refractivity contribution in [2.75, 3.05) is 6.54 Å². The average Bonchev–Trinajstić information content (AvgIpc) is 2.73. The molecule has 0 fully saturated rings. The Kier molecular flexibility index (Phi) is 3.17. The van der Waals surface area contributed by atoms with Gasteiger partial charge in [0.1, 0.15) is 0 Å². The zero-order chi connectivity index (χ0) is 12.6. The molecule has 0 aromatic carbocycles. The molecule has 1 unspecified atom stereocenters. The zero-order valence-electron chi connectivity index (χ0n) is 9.42. The lowest BCUT2D eigenvalue weighted by molar-refractivity contribution is -0.151. The molecule has 5 nitrogen and oxygen atoms in total. The van der Waals surface area contributed by atoms with Crippen molar-refractivity contribution in [1.82, 2.24) is 4.90 Å². The summed E-state index contributed by atoms with van der Waals surface area (Å²) in [6.45, 7) is 2.00. The Bertz CT molecular complexity index is 455. The molecule has 0 saturated carbocycles. The highest BCUT2D eigenvalue weighted by molar-refractivity contribution is 7.10. The number of hydrogen-bond acceptors (Lipinski definition) is 4. The number of nitrogens with two attached hydrogens (primary N) is 1. The van der Waals surface area contributed by atoms with Crippen molar-refractivity contribution in [3.8, 4) is 0 Å². The van der Waals surface area contributed by atoms with E-state index >= 15 is 0 Å². The van der Waals surface area contributed by atoms with Crippen LogP contribution < -0.4 is 5.73 Å². The first-order valence-electron chi connectivity index (χ1n) is 5.37. The summed E-state index contributed by atoms with van der Waals surface area (Å²) in [5, 5.41) is 11.1. The predicted molar refractivity (Wildman–Crippen MR) is 63.8 cm³/mol. The highest BCUT2D eigenvalue weighted by atomic mass is 32.1. The van der Waals surface area contributed by atoms with Gasteiger partial charge in [-0.15, -0.1) is 11.3 Å². The molecule has 17 heavy (non-hydrogen) atoms. The molecule has 1 aromatic rings. The van der Waals surface area contributed by atoms with Gasteiger partial charge in [-0.05, 0) is 30.4 Å². The molecule has 2 rings (SSSR count). The van der Waals surface area contributed by atoms with E-state index in [4.69, 9.17) is 5.73 Å². The molecule has 0 radical (unpaired) electrons. The number of thiophene rings is 1. The normalized spacial score (nSPS) is 20.8. The first kappa shape index (κ1) is 12.1. The largest absolute Gasteiger partial charge is 0.479 e. The Hall–Kier alpha value is -1.40. The lowest BCUT2D eigenvalue weighted by Crippen LogP contribution is -2.48. The van der Waals surface area contributed by atoms with Gasteiger partial charge >= 0.3 is 5.97 Å². The summed E-state index contributed by atoms with van der Waals surface area (Å²) in [6.07, 6.45) is 0.704. The molecule has 1 aliphatic rings. The van der Waals surface area contributed by atoms with Crippen molar-refractivity contribution in [3.63, 3.8) is 0 Å². The molecule has 92 valence electrons. The molecule has 2 heterocycles. The summed E-state index contributed by atoms with van der Waals surface area (Å²) in [5.74, 6) is -1.31. The van der Waals surface area contributed by atoms with Crippen LogP contribution in [0.25, 0.3) is 0 Å². The number of aliphatic carboxylic acids is 1. The van der Waals surface area contributed by atoms with Gasteiger partial charge in [0.05, 0.1) is 6.04 Å². The van der Waals surface area contributed by atoms with Crippen molar-refractivity contribution < 1.29 is 14.7 Å². The lowest BCUT2D eigenvalue weighted by atomic mass is 9.99. The highest BCUT2D eigenvalue weighted by Gasteiger charge is 2.37. The van der Waals surface area contributed by atoms with Gasteiger partial charge in [-0.1, -0.05) is 0 Å². The number of fused-ring (bicyclic) bond motifs is 1. The maximum absolute atomic E-state index is 11.9. The van der Waals surface area contributed by atoms with E-state index < -0.39 is 18.1 Å². The van der Waals surface area contributed by atoms with Crippen LogP contribution in [0.2, 0.25) is 0 Å². The maximum atomic E-state index is 11.9. The Labute approximate surface area is 103 Å². The molecule has 1 aliphatic heterocycles. The number of carbonyl (C=O) groups excluding carboxylic acids is 1. The molecule has 1 aromatic heterocycles. The maximum Gasteiger partial charge on any atom is 0.331 e. The van der Waals surface area contributed by atoms with E-state index in [1.807, 2.05) is 5.38 Å². The predicted octanol–water partition coefficient (Wildman–Crippen LogP) is 0.606. The summed E-state index contributed by atoms with van der Waals surface area (Å²) in [5.41, 5.74) is 6.27. The molecule has 0 bridgehead atoms. The van der Waals surface area contributed by atoms with Crippen molar-refractivity contribution in [1.29, 1.82) is 0 Å². The monoisotopic (exact) mass is 254 g/mol. The summed E-state index contributed by atoms with van der Waals surface area (Å²) in [4.78, 5) is 25.6. The van der Waals surface area contributed by atoms with Crippen LogP contribution in [0.3, 0.4) is 0 Å². The van der Waals surface area contributed by atoms with Gasteiger partial charge in [-0.3, -0.25) is 4.79 Å². The van der Waals surface area contributed by atoms with Crippen LogP contribution in [0.15, 0.2) is 11.4 Å². The van der Waals surface area contributed by atoms with Crippen LogP contribution in [-0.4, -0.2) is 34.5 Å². The molecule has 1 amide bonds. The third-order valence-electron chi connectivity index (χ3n) is 2.87. The van der Waals surface area contributed by atoms with E-state index in [0.29, 0.717) is 13.0 Å². The van der Waals surface area contributed by atoms with Gasteiger partial charge in [0.25, 0.3) is 0 Å². The third kappa shape index (κ3) is 2.05. The minimum Gasteiger partial charge on any atom is -0.479 e. The Morgan fingerprint density at radius 1 is 1.65 bits per heavy atom. The summed E-state index contributed by atoms with van der Waals surface area (Å²) < 4.78 is 0. The summed E-state index contributed by atoms with van der Waals surface area (Å²) in [7, 11) is 0. The van der Waals surface area contributed by atoms with E-state index in [-0.39, 0.29) is 5.91 Å². The average molecular weight is 254 g/mol. The van der Waals surface area contributed by atoms with Crippen molar-refractivity contribution >= 4 is 23.2 Å². The van der Waals surface area contributed by atoms with Gasteiger partial charge < -0.3 is 15.7 Å². The minimum absolute atomic E-state index is 0.311. The first-order valence-corrected chi connectivity index (χ1v) is 6.25. The fraction of sp³-hybridized carbons (Fsp3) is 0.455. The standard InChI is InChI=1S/C11H14N2O3S/c1-6(12)10(14)13-4-2-8-7(3-5-17-8)9(13)11(15)16/h3,5-6,9H,2,4,12H2,1H3,(H,15,16)/t6-,9?/m0/s1. The molecule has 0 spiro atoms. The molecular formula is C11H14N2O3S. The van der Waals surface area contributed by atoms with Gasteiger partial charge in [-0.25, -0.2) is 4.79 Å². The number of carboxylic acids is 1. The second kappa shape index (κ2) is 4.46. The Morgan fingerprint density at radius 2 is 2.35 bits per heavy atom. The minimum atomic E-state index is -1.00. The molecule has 6 heteroatoms. The van der Waals surface area contributed by atoms with Crippen LogP contribution in [0.4, 0.5) is 0 Å². The van der Waals surface area contributed by atoms with Crippen molar-refractivity contribution in [2.45, 2.75) is 25.4 Å². The fourth-order valence-electron chi connectivity index (χ4n) is 2.08. The van der Waals surface area contributed by atoms with Crippen LogP contribution >= 0.6 is 11.3 Å². The van der Waals surface area contributed by atoms with E-state index in [2.05, 4.69) is 0 Å². The number of amides is 1. The Morgan fingerprint density at radius 3 is 2.94 bits per heavy atom. The number of hydrogen-bond donors (Lipinski definition) is 2. The van der Waals surface area contributed by atoms with Gasteiger partial charge in [0, 0.05) is 11.4 Å². The van der Waals surface area contributed by atoms with Crippen molar-refractivity contribution in [3.05, 3.63) is 21.9 Å². The number of carbonyl (C=O) groups is 2. The van der Waals surface area contributed by atoms with Crippen LogP contribution in [0.1, 0.15) is 23.4 Å². The highest BCUT2D eigenvalue weighted by Crippen LogP contribution is 2.33. The van der Waals surface area contributed by atoms with Crippen LogP contribution in [-0.2, 0) is 16.0 Å². The summed E-state index contributed by atoms with van der Waals surface area (Å²) >= 11 is 1.54. The Balaban J connectivity index is 2.37. The second-order valence-electron chi connectivity index (χ2n) is 4.11. The topological polar surface area (TPSA) is 83.6 Å². The number of nitrogens with zero attached hydrogens (tertiary/aromatic N) is 1. The van der Waals surface area contributed by atoms with E-state index in [1.54, 1.807) is 13.0 Å². The number of rotatable bonds is 2. The number of carboxylic acid groups (broad SMARTS) is 1. The van der Waals surface area contributed by atoms with E-state index in [0.717, 1.165) is 10.4 Å². The van der Waals surface area contributed by atoms with Gasteiger partial charge in [0.15, 0.2) is 6.04 Å². The van der Waals surface area contributed by atoms with Gasteiger partial charge in [-0.2, -0.15) is 0 Å². The summed E-state index contributed by atoms with van der Waals surface area (Å²) in [6, 6.07) is 0.222. The quantitative estimate of drug-likeness (QED) is 0.809. The molecule has 2 atom stereocenters. The SMILES string of the molecule is C[C@H](N)C(=O)N1CCc2sccc2C1C(=O)O. The third-order valence-corrected chi connectivity index (χ3v) is 3.87. The first-order chi connectivity index (χ1) is 8.02. The van der Waals surface area contributed by atoms with E-state index in [1.165, 1.54) is 16.2 Å². The molecular weight excluding hydrogens is 240 g/mol. The second-order valence-corrected chi connectivity index (χ2v) is 5.11. The molecule has 0 aliphatic carbocycles. The van der Waals surface area contributed by atoms with Crippen LogP contribution in [0, 0.1) is 0 Å². The van der Waals surface area contributed by atoms with Gasteiger partial charge in [0.2, 0.25) is 5.91 Å².